The zero-order chi connectivity index (χ0) is 11.6. The summed E-state index contributed by atoms with van der Waals surface area (Å²) in [5.74, 6) is 0.619. The Labute approximate surface area is 99.3 Å². The summed E-state index contributed by atoms with van der Waals surface area (Å²) in [5, 5.41) is 11.6. The van der Waals surface area contributed by atoms with Crippen molar-refractivity contribution < 1.29 is 13.5 Å². The third-order valence-electron chi connectivity index (χ3n) is 2.75. The number of aliphatic hydroxyl groups is 1. The van der Waals surface area contributed by atoms with Crippen LogP contribution in [0.3, 0.4) is 0 Å². The number of sulfone groups is 1. The molecule has 0 bridgehead atoms. The quantitative estimate of drug-likeness (QED) is 0.880. The average molecular weight is 261 g/mol. The zero-order valence-corrected chi connectivity index (χ0v) is 10.6. The minimum absolute atomic E-state index is 0.0659. The fourth-order valence-corrected chi connectivity index (χ4v) is 4.76. The number of hydrogen-bond acceptors (Lipinski definition) is 5. The van der Waals surface area contributed by atoms with E-state index >= 15 is 0 Å². The zero-order valence-electron chi connectivity index (χ0n) is 8.92. The monoisotopic (exact) mass is 261 g/mol. The van der Waals surface area contributed by atoms with Gasteiger partial charge in [0, 0.05) is 24.3 Å². The second-order valence-corrected chi connectivity index (χ2v) is 7.22. The molecule has 0 amide bonds. The first-order valence-electron chi connectivity index (χ1n) is 5.36. The molecule has 1 fully saturated rings. The van der Waals surface area contributed by atoms with Gasteiger partial charge < -0.3 is 5.11 Å². The Morgan fingerprint density at radius 2 is 2.38 bits per heavy atom. The van der Waals surface area contributed by atoms with Crippen molar-refractivity contribution in [3.8, 4) is 0 Å². The summed E-state index contributed by atoms with van der Waals surface area (Å²) in [4.78, 5) is 4.38. The van der Waals surface area contributed by atoms with Crippen LogP contribution in [0.25, 0.3) is 0 Å². The van der Waals surface area contributed by atoms with E-state index in [4.69, 9.17) is 5.11 Å². The molecule has 1 aliphatic rings. The van der Waals surface area contributed by atoms with Crippen molar-refractivity contribution in [3.05, 3.63) is 16.1 Å². The summed E-state index contributed by atoms with van der Waals surface area (Å²) >= 11 is 1.51. The fourth-order valence-electron chi connectivity index (χ4n) is 1.96. The van der Waals surface area contributed by atoms with Gasteiger partial charge in [-0.15, -0.1) is 11.3 Å². The van der Waals surface area contributed by atoms with Crippen molar-refractivity contribution in [2.75, 3.05) is 18.1 Å². The van der Waals surface area contributed by atoms with Gasteiger partial charge in [-0.3, -0.25) is 0 Å². The molecule has 1 unspecified atom stereocenters. The van der Waals surface area contributed by atoms with E-state index in [0.29, 0.717) is 12.2 Å². The Morgan fingerprint density at radius 3 is 3.06 bits per heavy atom. The van der Waals surface area contributed by atoms with Gasteiger partial charge in [0.2, 0.25) is 0 Å². The molecule has 0 spiro atoms. The maximum atomic E-state index is 11.5. The van der Waals surface area contributed by atoms with Crippen LogP contribution in [0.15, 0.2) is 5.38 Å². The van der Waals surface area contributed by atoms with Gasteiger partial charge in [-0.1, -0.05) is 0 Å². The molecule has 0 aromatic carbocycles. The van der Waals surface area contributed by atoms with Gasteiger partial charge in [-0.2, -0.15) is 0 Å². The highest BCUT2D eigenvalue weighted by atomic mass is 32.2. The Kier molecular flexibility index (Phi) is 3.61. The molecule has 4 nitrogen and oxygen atoms in total. The molecule has 1 N–H and O–H groups in total. The summed E-state index contributed by atoms with van der Waals surface area (Å²) in [6, 6.07) is 0. The average Bonchev–Trinajstić information content (AvgIpc) is 2.65. The van der Waals surface area contributed by atoms with E-state index in [-0.39, 0.29) is 18.3 Å². The van der Waals surface area contributed by atoms with E-state index in [1.54, 1.807) is 0 Å². The number of thiazole rings is 1. The molecule has 2 heterocycles. The predicted octanol–water partition coefficient (Wildman–Crippen LogP) is 0.970. The summed E-state index contributed by atoms with van der Waals surface area (Å²) in [6.45, 7) is 0.0894. The van der Waals surface area contributed by atoms with Crippen molar-refractivity contribution in [2.45, 2.75) is 25.2 Å². The Bertz CT molecular complexity index is 452. The van der Waals surface area contributed by atoms with Crippen LogP contribution in [-0.2, 0) is 16.3 Å². The maximum absolute atomic E-state index is 11.5. The molecule has 1 aromatic rings. The molecule has 0 saturated carbocycles. The lowest BCUT2D eigenvalue weighted by Gasteiger charge is -2.19. The van der Waals surface area contributed by atoms with Crippen molar-refractivity contribution in [2.24, 2.45) is 0 Å². The summed E-state index contributed by atoms with van der Waals surface area (Å²) in [7, 11) is -2.87. The number of aromatic nitrogens is 1. The van der Waals surface area contributed by atoms with Crippen LogP contribution in [0.1, 0.15) is 29.5 Å². The van der Waals surface area contributed by atoms with Crippen molar-refractivity contribution in [3.63, 3.8) is 0 Å². The van der Waals surface area contributed by atoms with Crippen LogP contribution in [0.4, 0.5) is 0 Å². The van der Waals surface area contributed by atoms with Crippen LogP contribution in [0, 0.1) is 0 Å². The SMILES string of the molecule is O=S1(=O)CCCC(c2nc(CCO)cs2)C1. The van der Waals surface area contributed by atoms with Gasteiger partial charge >= 0.3 is 0 Å². The van der Waals surface area contributed by atoms with E-state index < -0.39 is 9.84 Å². The second kappa shape index (κ2) is 4.81. The van der Waals surface area contributed by atoms with Gasteiger partial charge in [0.15, 0.2) is 9.84 Å². The standard InChI is InChI=1S/C10H15NO3S2/c12-4-3-9-6-15-10(11-9)8-2-1-5-16(13,14)7-8/h6,8,12H,1-5,7H2. The van der Waals surface area contributed by atoms with Gasteiger partial charge in [0.05, 0.1) is 22.2 Å². The van der Waals surface area contributed by atoms with E-state index in [1.165, 1.54) is 11.3 Å². The highest BCUT2D eigenvalue weighted by Gasteiger charge is 2.27. The first-order chi connectivity index (χ1) is 7.61. The van der Waals surface area contributed by atoms with Gasteiger partial charge in [-0.25, -0.2) is 13.4 Å². The molecule has 16 heavy (non-hydrogen) atoms. The molecular formula is C10H15NO3S2. The summed E-state index contributed by atoms with van der Waals surface area (Å²) in [5.41, 5.74) is 0.866. The first kappa shape index (κ1) is 12.0. The van der Waals surface area contributed by atoms with E-state index in [9.17, 15) is 8.42 Å². The molecule has 0 aliphatic carbocycles. The molecule has 2 rings (SSSR count). The van der Waals surface area contributed by atoms with Crippen molar-refractivity contribution in [1.82, 2.24) is 4.98 Å². The van der Waals surface area contributed by atoms with Gasteiger partial charge in [0.25, 0.3) is 0 Å². The first-order valence-corrected chi connectivity index (χ1v) is 8.06. The Morgan fingerprint density at radius 1 is 1.56 bits per heavy atom. The number of aliphatic hydroxyl groups excluding tert-OH is 1. The van der Waals surface area contributed by atoms with Crippen LogP contribution in [-0.4, -0.2) is 36.6 Å². The Hall–Kier alpha value is -0.460. The van der Waals surface area contributed by atoms with Crippen LogP contribution < -0.4 is 0 Å². The molecule has 1 aliphatic heterocycles. The molecule has 0 radical (unpaired) electrons. The Balaban J connectivity index is 2.11. The molecule has 1 saturated heterocycles. The molecular weight excluding hydrogens is 246 g/mol. The highest BCUT2D eigenvalue weighted by Crippen LogP contribution is 2.30. The largest absolute Gasteiger partial charge is 0.396 e. The molecule has 90 valence electrons. The summed E-state index contributed by atoms with van der Waals surface area (Å²) in [6.07, 6.45) is 2.20. The lowest BCUT2D eigenvalue weighted by molar-refractivity contribution is 0.298. The lowest BCUT2D eigenvalue weighted by Crippen LogP contribution is -2.23. The third kappa shape index (κ3) is 2.81. The normalized spacial score (nSPS) is 24.4. The number of hydrogen-bond donors (Lipinski definition) is 1. The van der Waals surface area contributed by atoms with Gasteiger partial charge in [0.1, 0.15) is 0 Å². The van der Waals surface area contributed by atoms with E-state index in [1.807, 2.05) is 5.38 Å². The molecule has 1 aromatic heterocycles. The minimum atomic E-state index is -2.87. The maximum Gasteiger partial charge on any atom is 0.151 e. The minimum Gasteiger partial charge on any atom is -0.396 e. The van der Waals surface area contributed by atoms with Gasteiger partial charge in [-0.05, 0) is 12.8 Å². The molecule has 6 heteroatoms. The summed E-state index contributed by atoms with van der Waals surface area (Å²) < 4.78 is 23.0. The fraction of sp³-hybridized carbons (Fsp3) is 0.700. The van der Waals surface area contributed by atoms with Crippen molar-refractivity contribution >= 4 is 21.2 Å². The lowest BCUT2D eigenvalue weighted by atomic mass is 10.1. The van der Waals surface area contributed by atoms with Crippen LogP contribution in [0.2, 0.25) is 0 Å². The number of rotatable bonds is 3. The molecule has 1 atom stereocenters. The smallest absolute Gasteiger partial charge is 0.151 e. The second-order valence-electron chi connectivity index (χ2n) is 4.10. The van der Waals surface area contributed by atoms with E-state index in [0.717, 1.165) is 23.5 Å². The number of nitrogens with zero attached hydrogens (tertiary/aromatic N) is 1. The topological polar surface area (TPSA) is 67.3 Å². The van der Waals surface area contributed by atoms with Crippen molar-refractivity contribution in [1.29, 1.82) is 0 Å². The van der Waals surface area contributed by atoms with Crippen LogP contribution in [0.5, 0.6) is 0 Å². The van der Waals surface area contributed by atoms with E-state index in [2.05, 4.69) is 4.98 Å². The third-order valence-corrected chi connectivity index (χ3v) is 5.63. The van der Waals surface area contributed by atoms with Crippen LogP contribution >= 0.6 is 11.3 Å². The highest BCUT2D eigenvalue weighted by molar-refractivity contribution is 7.91. The predicted molar refractivity (Wildman–Crippen MR) is 63.5 cm³/mol.